The Morgan fingerprint density at radius 2 is 1.89 bits per heavy atom. The molecule has 0 amide bonds. The normalized spacial score (nSPS) is 16.1. The Kier molecular flexibility index (Phi) is 2.23. The van der Waals surface area contributed by atoms with Gasteiger partial charge in [-0.1, -0.05) is 56.3 Å². The zero-order chi connectivity index (χ0) is 13.0. The van der Waals surface area contributed by atoms with E-state index in [1.165, 1.54) is 38.6 Å². The molecule has 94 valence electrons. The summed E-state index contributed by atoms with van der Waals surface area (Å²) in [4.78, 5) is 0. The van der Waals surface area contributed by atoms with Gasteiger partial charge in [-0.05, 0) is 57.4 Å². The molecule has 19 heavy (non-hydrogen) atoms. The van der Waals surface area contributed by atoms with Crippen LogP contribution in [0.1, 0.15) is 48.4 Å². The minimum Gasteiger partial charge on any atom is -0.0795 e. The zero-order valence-corrected chi connectivity index (χ0v) is 11.5. The van der Waals surface area contributed by atoms with E-state index >= 15 is 0 Å². The average molecular weight is 246 g/mol. The molecule has 0 N–H and O–H groups in total. The molecule has 0 radical (unpaired) electrons. The SMILES string of the molecule is CC(C)c1ccc2c3c4c(ccc13)C=CCC4=CC2. The van der Waals surface area contributed by atoms with Crippen LogP contribution in [0, 0.1) is 0 Å². The molecule has 0 saturated carbocycles. The van der Waals surface area contributed by atoms with Crippen molar-refractivity contribution < 1.29 is 0 Å². The molecule has 0 spiro atoms. The lowest BCUT2D eigenvalue weighted by Gasteiger charge is -2.25. The molecular weight excluding hydrogens is 228 g/mol. The number of hydrogen-bond donors (Lipinski definition) is 0. The van der Waals surface area contributed by atoms with Crippen molar-refractivity contribution in [3.63, 3.8) is 0 Å². The summed E-state index contributed by atoms with van der Waals surface area (Å²) in [6, 6.07) is 9.28. The van der Waals surface area contributed by atoms with Gasteiger partial charge in [0.25, 0.3) is 0 Å². The van der Waals surface area contributed by atoms with E-state index in [4.69, 9.17) is 0 Å². The van der Waals surface area contributed by atoms with Crippen LogP contribution in [0.15, 0.2) is 36.4 Å². The molecule has 0 heterocycles. The van der Waals surface area contributed by atoms with Gasteiger partial charge >= 0.3 is 0 Å². The second-order valence-corrected chi connectivity index (χ2v) is 5.96. The Labute approximate surface area is 114 Å². The summed E-state index contributed by atoms with van der Waals surface area (Å²) in [6.45, 7) is 4.58. The molecule has 0 fully saturated rings. The van der Waals surface area contributed by atoms with Crippen LogP contribution in [0.5, 0.6) is 0 Å². The summed E-state index contributed by atoms with van der Waals surface area (Å²) in [5.74, 6) is 0.584. The number of rotatable bonds is 1. The van der Waals surface area contributed by atoms with E-state index in [0.29, 0.717) is 5.92 Å². The third kappa shape index (κ3) is 1.46. The summed E-state index contributed by atoms with van der Waals surface area (Å²) in [5.41, 5.74) is 7.40. The molecule has 0 heteroatoms. The Balaban J connectivity index is 2.18. The maximum atomic E-state index is 2.42. The molecule has 0 nitrogen and oxygen atoms in total. The van der Waals surface area contributed by atoms with Crippen molar-refractivity contribution in [2.45, 2.75) is 32.6 Å². The number of benzene rings is 2. The van der Waals surface area contributed by atoms with E-state index < -0.39 is 0 Å². The molecule has 0 aromatic heterocycles. The van der Waals surface area contributed by atoms with Gasteiger partial charge in [0.05, 0.1) is 0 Å². The second kappa shape index (κ2) is 3.84. The van der Waals surface area contributed by atoms with Gasteiger partial charge in [0.2, 0.25) is 0 Å². The molecule has 0 unspecified atom stereocenters. The van der Waals surface area contributed by atoms with Crippen molar-refractivity contribution in [2.75, 3.05) is 0 Å². The van der Waals surface area contributed by atoms with Crippen LogP contribution in [0.25, 0.3) is 22.4 Å². The van der Waals surface area contributed by atoms with Gasteiger partial charge in [0.15, 0.2) is 0 Å². The van der Waals surface area contributed by atoms with Gasteiger partial charge in [0, 0.05) is 0 Å². The Hall–Kier alpha value is -1.82. The topological polar surface area (TPSA) is 0 Å². The van der Waals surface area contributed by atoms with Gasteiger partial charge in [-0.15, -0.1) is 0 Å². The zero-order valence-electron chi connectivity index (χ0n) is 11.5. The quantitative estimate of drug-likeness (QED) is 0.639. The van der Waals surface area contributed by atoms with Crippen molar-refractivity contribution in [1.29, 1.82) is 0 Å². The average Bonchev–Trinajstić information content (AvgIpc) is 2.44. The number of allylic oxidation sites excluding steroid dienone is 3. The van der Waals surface area contributed by atoms with Crippen LogP contribution in [-0.2, 0) is 6.42 Å². The Morgan fingerprint density at radius 3 is 2.74 bits per heavy atom. The summed E-state index contributed by atoms with van der Waals surface area (Å²) >= 11 is 0. The summed E-state index contributed by atoms with van der Waals surface area (Å²) < 4.78 is 0. The molecule has 2 aromatic rings. The lowest BCUT2D eigenvalue weighted by Crippen LogP contribution is -2.04. The molecule has 0 saturated heterocycles. The summed E-state index contributed by atoms with van der Waals surface area (Å²) in [5, 5.41) is 2.98. The van der Waals surface area contributed by atoms with Crippen LogP contribution in [0.3, 0.4) is 0 Å². The van der Waals surface area contributed by atoms with Crippen LogP contribution in [0.4, 0.5) is 0 Å². The first kappa shape index (κ1) is 11.0. The smallest absolute Gasteiger partial charge is 0.00645 e. The number of hydrogen-bond acceptors (Lipinski definition) is 0. The van der Waals surface area contributed by atoms with Gasteiger partial charge in [-0.3, -0.25) is 0 Å². The Bertz CT molecular complexity index is 742. The van der Waals surface area contributed by atoms with Crippen molar-refractivity contribution >= 4 is 22.4 Å². The predicted octanol–water partition coefficient (Wildman–Crippen LogP) is 5.32. The van der Waals surface area contributed by atoms with Crippen LogP contribution in [0.2, 0.25) is 0 Å². The molecule has 0 aliphatic heterocycles. The fraction of sp³-hybridized carbons (Fsp3) is 0.263. The minimum atomic E-state index is 0.584. The fourth-order valence-corrected chi connectivity index (χ4v) is 3.55. The first-order chi connectivity index (χ1) is 9.25. The van der Waals surface area contributed by atoms with E-state index in [0.717, 1.165) is 12.8 Å². The van der Waals surface area contributed by atoms with Crippen molar-refractivity contribution in [3.8, 4) is 0 Å². The lowest BCUT2D eigenvalue weighted by molar-refractivity contribution is 0.875. The van der Waals surface area contributed by atoms with E-state index in [1.54, 1.807) is 0 Å². The second-order valence-electron chi connectivity index (χ2n) is 5.96. The first-order valence-corrected chi connectivity index (χ1v) is 7.20. The molecule has 2 aromatic carbocycles. The highest BCUT2D eigenvalue weighted by Crippen LogP contribution is 2.42. The maximum Gasteiger partial charge on any atom is -0.00645 e. The van der Waals surface area contributed by atoms with Gasteiger partial charge < -0.3 is 0 Å². The van der Waals surface area contributed by atoms with E-state index in [2.05, 4.69) is 56.3 Å². The lowest BCUT2D eigenvalue weighted by atomic mass is 9.79. The van der Waals surface area contributed by atoms with Crippen LogP contribution in [-0.4, -0.2) is 0 Å². The van der Waals surface area contributed by atoms with E-state index in [9.17, 15) is 0 Å². The van der Waals surface area contributed by atoms with Gasteiger partial charge in [-0.2, -0.15) is 0 Å². The summed E-state index contributed by atoms with van der Waals surface area (Å²) in [7, 11) is 0. The van der Waals surface area contributed by atoms with Crippen molar-refractivity contribution in [3.05, 3.63) is 58.7 Å². The molecule has 0 atom stereocenters. The molecule has 0 bridgehead atoms. The van der Waals surface area contributed by atoms with Crippen LogP contribution < -0.4 is 0 Å². The minimum absolute atomic E-state index is 0.584. The highest BCUT2D eigenvalue weighted by atomic mass is 14.2. The van der Waals surface area contributed by atoms with Crippen LogP contribution >= 0.6 is 0 Å². The van der Waals surface area contributed by atoms with Crippen molar-refractivity contribution in [1.82, 2.24) is 0 Å². The molecule has 4 rings (SSSR count). The predicted molar refractivity (Wildman–Crippen MR) is 83.4 cm³/mol. The molecular formula is C19H18. The largest absolute Gasteiger partial charge is 0.0795 e. The van der Waals surface area contributed by atoms with Gasteiger partial charge in [-0.25, -0.2) is 0 Å². The highest BCUT2D eigenvalue weighted by molar-refractivity contribution is 6.03. The highest BCUT2D eigenvalue weighted by Gasteiger charge is 2.20. The van der Waals surface area contributed by atoms with E-state index in [-0.39, 0.29) is 0 Å². The first-order valence-electron chi connectivity index (χ1n) is 7.20. The van der Waals surface area contributed by atoms with Crippen molar-refractivity contribution in [2.24, 2.45) is 0 Å². The fourth-order valence-electron chi connectivity index (χ4n) is 3.55. The molecule has 2 aliphatic carbocycles. The summed E-state index contributed by atoms with van der Waals surface area (Å²) in [6.07, 6.45) is 9.17. The maximum absolute atomic E-state index is 2.42. The molecule has 2 aliphatic rings. The Morgan fingerprint density at radius 1 is 1.00 bits per heavy atom. The third-order valence-electron chi connectivity index (χ3n) is 4.48. The standard InChI is InChI=1S/C19H18/c1-12(2)16-10-8-15-7-6-13-4-3-5-14-9-11-17(16)19(15)18(13)14/h3,5-6,8-12H,4,7H2,1-2H3. The third-order valence-corrected chi connectivity index (χ3v) is 4.48. The van der Waals surface area contributed by atoms with Gasteiger partial charge in [0.1, 0.15) is 0 Å². The monoisotopic (exact) mass is 246 g/mol. The van der Waals surface area contributed by atoms with E-state index in [1.807, 2.05) is 0 Å².